The third kappa shape index (κ3) is 5.13. The molecule has 2 atom stereocenters. The number of benzene rings is 4. The molecule has 9 nitrogen and oxygen atoms in total. The molecule has 3 heterocycles. The summed E-state index contributed by atoms with van der Waals surface area (Å²) in [6.07, 6.45) is 0.679. The number of carbonyl (C=O) groups is 1. The average molecular weight is 626 g/mol. The van der Waals surface area contributed by atoms with Crippen LogP contribution in [0.1, 0.15) is 51.5 Å². The number of hydrogen-bond acceptors (Lipinski definition) is 5. The number of rotatable bonds is 7. The lowest BCUT2D eigenvalue weighted by Crippen LogP contribution is -2.44. The van der Waals surface area contributed by atoms with Crippen LogP contribution in [0.4, 0.5) is 0 Å². The second-order valence-corrected chi connectivity index (χ2v) is 12.2. The van der Waals surface area contributed by atoms with Crippen molar-refractivity contribution in [3.8, 4) is 5.88 Å². The van der Waals surface area contributed by atoms with Gasteiger partial charge in [-0.25, -0.2) is 4.79 Å². The molecule has 236 valence electrons. The first-order chi connectivity index (χ1) is 22.7. The van der Waals surface area contributed by atoms with Crippen molar-refractivity contribution in [3.05, 3.63) is 146 Å². The van der Waals surface area contributed by atoms with Crippen LogP contribution in [-0.4, -0.2) is 48.8 Å². The molecule has 7 rings (SSSR count). The fourth-order valence-electron chi connectivity index (χ4n) is 7.05. The SMILES string of the molecule is CC(=NC[C@H]1c2ccccc2C(=O)N(CCc2ccccc2)[C@H]1c1ccc2c(c1)c1ccccc1n2C)c1c(O)n(C)c(=O)[nH]c1=O. The first kappa shape index (κ1) is 30.0. The molecule has 0 radical (unpaired) electrons. The predicted molar refractivity (Wildman–Crippen MR) is 185 cm³/mol. The van der Waals surface area contributed by atoms with Crippen molar-refractivity contribution in [2.75, 3.05) is 13.1 Å². The van der Waals surface area contributed by atoms with Crippen molar-refractivity contribution >= 4 is 33.4 Å². The largest absolute Gasteiger partial charge is 0.494 e. The molecule has 1 amide bonds. The maximum Gasteiger partial charge on any atom is 0.330 e. The van der Waals surface area contributed by atoms with Gasteiger partial charge in [-0.05, 0) is 54.3 Å². The number of para-hydroxylation sites is 1. The normalized spacial score (nSPS) is 16.6. The minimum atomic E-state index is -0.707. The van der Waals surface area contributed by atoms with Gasteiger partial charge in [-0.2, -0.15) is 0 Å². The third-order valence-corrected chi connectivity index (χ3v) is 9.51. The Morgan fingerprint density at radius 3 is 2.34 bits per heavy atom. The summed E-state index contributed by atoms with van der Waals surface area (Å²) < 4.78 is 3.17. The molecule has 4 aromatic carbocycles. The quantitative estimate of drug-likeness (QED) is 0.230. The molecule has 1 aliphatic rings. The molecule has 0 aliphatic carbocycles. The Labute approximate surface area is 271 Å². The average Bonchev–Trinajstić information content (AvgIpc) is 3.37. The number of fused-ring (bicyclic) bond motifs is 4. The van der Waals surface area contributed by atoms with Gasteiger partial charge in [0.25, 0.3) is 11.5 Å². The number of H-pyrrole nitrogens is 1. The second-order valence-electron chi connectivity index (χ2n) is 12.2. The summed E-state index contributed by atoms with van der Waals surface area (Å²) in [7, 11) is 3.45. The van der Waals surface area contributed by atoms with Crippen LogP contribution in [0.15, 0.2) is 112 Å². The highest BCUT2D eigenvalue weighted by atomic mass is 16.3. The molecule has 2 N–H and O–H groups in total. The number of carbonyl (C=O) groups excluding carboxylic acids is 1. The number of amides is 1. The topological polar surface area (TPSA) is 113 Å². The van der Waals surface area contributed by atoms with Crippen LogP contribution in [0.25, 0.3) is 21.8 Å². The molecule has 6 aromatic rings. The number of hydrogen-bond donors (Lipinski definition) is 2. The van der Waals surface area contributed by atoms with Gasteiger partial charge in [0, 0.05) is 66.2 Å². The van der Waals surface area contributed by atoms with Gasteiger partial charge < -0.3 is 14.6 Å². The van der Waals surface area contributed by atoms with E-state index in [2.05, 4.69) is 59.1 Å². The number of aromatic hydroxyl groups is 1. The molecule has 0 unspecified atom stereocenters. The Balaban J connectivity index is 1.39. The molecule has 0 saturated heterocycles. The van der Waals surface area contributed by atoms with Crippen molar-refractivity contribution in [2.45, 2.75) is 25.3 Å². The smallest absolute Gasteiger partial charge is 0.330 e. The fraction of sp³-hybridized carbons (Fsp3) is 0.211. The van der Waals surface area contributed by atoms with Crippen molar-refractivity contribution in [2.24, 2.45) is 19.1 Å². The summed E-state index contributed by atoms with van der Waals surface area (Å²) in [5.74, 6) is -0.749. The number of aryl methyl sites for hydroxylation is 1. The van der Waals surface area contributed by atoms with Crippen molar-refractivity contribution in [1.82, 2.24) is 19.0 Å². The Kier molecular flexibility index (Phi) is 7.60. The lowest BCUT2D eigenvalue weighted by Gasteiger charge is -2.42. The van der Waals surface area contributed by atoms with Gasteiger partial charge in [0.1, 0.15) is 5.56 Å². The van der Waals surface area contributed by atoms with E-state index < -0.39 is 17.1 Å². The predicted octanol–water partition coefficient (Wildman–Crippen LogP) is 5.46. The highest BCUT2D eigenvalue weighted by molar-refractivity contribution is 6.08. The minimum Gasteiger partial charge on any atom is -0.494 e. The molecule has 0 fully saturated rings. The summed E-state index contributed by atoms with van der Waals surface area (Å²) in [4.78, 5) is 48.2. The third-order valence-electron chi connectivity index (χ3n) is 9.51. The first-order valence-electron chi connectivity index (χ1n) is 15.7. The van der Waals surface area contributed by atoms with E-state index in [9.17, 15) is 19.5 Å². The lowest BCUT2D eigenvalue weighted by molar-refractivity contribution is 0.0614. The van der Waals surface area contributed by atoms with Gasteiger partial charge in [0.15, 0.2) is 0 Å². The van der Waals surface area contributed by atoms with Gasteiger partial charge in [0.2, 0.25) is 5.88 Å². The Bertz CT molecular complexity index is 2320. The highest BCUT2D eigenvalue weighted by Crippen LogP contribution is 2.44. The number of nitrogens with zero attached hydrogens (tertiary/aromatic N) is 4. The molecule has 2 aromatic heterocycles. The Morgan fingerprint density at radius 2 is 1.53 bits per heavy atom. The maximum absolute atomic E-state index is 14.3. The molecule has 9 heteroatoms. The van der Waals surface area contributed by atoms with Gasteiger partial charge >= 0.3 is 5.69 Å². The molecular formula is C38H35N5O4. The summed E-state index contributed by atoms with van der Waals surface area (Å²) in [6, 6.07) is 32.2. The minimum absolute atomic E-state index is 0.0383. The molecule has 47 heavy (non-hydrogen) atoms. The van der Waals surface area contributed by atoms with Crippen LogP contribution in [0.3, 0.4) is 0 Å². The van der Waals surface area contributed by atoms with E-state index >= 15 is 0 Å². The van der Waals surface area contributed by atoms with E-state index in [1.165, 1.54) is 7.05 Å². The fourth-order valence-corrected chi connectivity index (χ4v) is 7.05. The second kappa shape index (κ2) is 11.9. The Morgan fingerprint density at radius 1 is 0.830 bits per heavy atom. The van der Waals surface area contributed by atoms with E-state index in [1.807, 2.05) is 59.5 Å². The van der Waals surface area contributed by atoms with Gasteiger partial charge in [0.05, 0.1) is 6.04 Å². The van der Waals surface area contributed by atoms with E-state index in [0.717, 1.165) is 43.1 Å². The van der Waals surface area contributed by atoms with Gasteiger partial charge in [-0.1, -0.05) is 72.8 Å². The number of aliphatic imine (C=N–C) groups is 1. The van der Waals surface area contributed by atoms with Crippen molar-refractivity contribution < 1.29 is 9.90 Å². The van der Waals surface area contributed by atoms with Crippen LogP contribution in [0.5, 0.6) is 5.88 Å². The van der Waals surface area contributed by atoms with E-state index in [4.69, 9.17) is 4.99 Å². The summed E-state index contributed by atoms with van der Waals surface area (Å²) >= 11 is 0. The summed E-state index contributed by atoms with van der Waals surface area (Å²) in [5, 5.41) is 13.0. The van der Waals surface area contributed by atoms with E-state index in [-0.39, 0.29) is 30.0 Å². The standard InChI is InChI=1S/C38H35N5O4/c1-23(33-35(44)40-38(47)42(3)37(33)46)39-22-30-26-13-7-8-15-28(26)36(45)43(20-19-24-11-5-4-6-12-24)34(30)25-17-18-32-29(21-25)27-14-9-10-16-31(27)41(32)2/h4-18,21,30,34,46H,19-20,22H2,1-3H3,(H,40,44,47)/t30-,34-/m0/s1. The molecule has 0 bridgehead atoms. The monoisotopic (exact) mass is 625 g/mol. The number of nitrogens with one attached hydrogen (secondary N) is 1. The zero-order valence-electron chi connectivity index (χ0n) is 26.5. The van der Waals surface area contributed by atoms with Crippen molar-refractivity contribution in [3.63, 3.8) is 0 Å². The number of aromatic amines is 1. The first-order valence-corrected chi connectivity index (χ1v) is 15.7. The molecule has 1 aliphatic heterocycles. The van der Waals surface area contributed by atoms with E-state index in [0.29, 0.717) is 24.2 Å². The van der Waals surface area contributed by atoms with Crippen LogP contribution >= 0.6 is 0 Å². The van der Waals surface area contributed by atoms with Crippen LogP contribution < -0.4 is 11.2 Å². The number of aromatic nitrogens is 3. The van der Waals surface area contributed by atoms with Gasteiger partial charge in [-0.3, -0.25) is 24.1 Å². The molecular weight excluding hydrogens is 590 g/mol. The summed E-state index contributed by atoms with van der Waals surface area (Å²) in [6.45, 7) is 2.38. The van der Waals surface area contributed by atoms with Crippen LogP contribution in [0.2, 0.25) is 0 Å². The molecule has 0 spiro atoms. The van der Waals surface area contributed by atoms with E-state index in [1.54, 1.807) is 6.92 Å². The summed E-state index contributed by atoms with van der Waals surface area (Å²) in [5.41, 5.74) is 4.70. The lowest BCUT2D eigenvalue weighted by atomic mass is 9.79. The Hall–Kier alpha value is -5.70. The van der Waals surface area contributed by atoms with Crippen LogP contribution in [0, 0.1) is 0 Å². The zero-order chi connectivity index (χ0) is 32.8. The highest BCUT2D eigenvalue weighted by Gasteiger charge is 2.40. The van der Waals surface area contributed by atoms with Crippen molar-refractivity contribution in [1.29, 1.82) is 0 Å². The van der Waals surface area contributed by atoms with Gasteiger partial charge in [-0.15, -0.1) is 0 Å². The zero-order valence-corrected chi connectivity index (χ0v) is 26.5. The molecule has 0 saturated carbocycles. The maximum atomic E-state index is 14.3. The van der Waals surface area contributed by atoms with Crippen LogP contribution in [-0.2, 0) is 20.5 Å².